The van der Waals surface area contributed by atoms with Crippen molar-refractivity contribution in [3.8, 4) is 0 Å². The first-order valence-electron chi connectivity index (χ1n) is 1.54. The van der Waals surface area contributed by atoms with Crippen molar-refractivity contribution in [3.05, 3.63) is 5.53 Å². The normalized spacial score (nSPS) is 6.33. The molecule has 0 heterocycles. The van der Waals surface area contributed by atoms with Crippen LogP contribution < -0.4 is 0 Å². The highest BCUT2D eigenvalue weighted by atomic mass is 16.5. The Hall–Kier alpha value is -0.820. The zero-order valence-electron chi connectivity index (χ0n) is 3.80. The van der Waals surface area contributed by atoms with Gasteiger partial charge >= 0.3 is 5.90 Å². The molecule has 0 radical (unpaired) electrons. The first-order chi connectivity index (χ1) is 2.81. The van der Waals surface area contributed by atoms with Crippen LogP contribution in [0.4, 0.5) is 0 Å². The van der Waals surface area contributed by atoms with Crippen molar-refractivity contribution in [2.24, 2.45) is 0 Å². The lowest BCUT2D eigenvalue weighted by atomic mass is 10.8. The molecule has 0 spiro atoms. The van der Waals surface area contributed by atoms with Crippen LogP contribution >= 0.6 is 0 Å². The number of hydrogen-bond donors (Lipinski definition) is 0. The first kappa shape index (κ1) is 5.18. The molecule has 0 saturated carbocycles. The highest BCUT2D eigenvalue weighted by Gasteiger charge is 1.86. The van der Waals surface area contributed by atoms with Gasteiger partial charge in [0.15, 0.2) is 0 Å². The molecule has 0 aliphatic rings. The van der Waals surface area contributed by atoms with Gasteiger partial charge in [-0.3, -0.25) is 0 Å². The van der Waals surface area contributed by atoms with E-state index in [1.165, 1.54) is 7.11 Å². The second-order valence-electron chi connectivity index (χ2n) is 0.823. The fourth-order valence-electron chi connectivity index (χ4n) is 0.0408. The zero-order valence-corrected chi connectivity index (χ0v) is 3.80. The van der Waals surface area contributed by atoms with Crippen LogP contribution in [-0.4, -0.2) is 17.8 Å². The third kappa shape index (κ3) is 1.49. The molecule has 0 bridgehead atoms. The van der Waals surface area contributed by atoms with Gasteiger partial charge < -0.3 is 10.3 Å². The molecule has 34 valence electrons. The van der Waals surface area contributed by atoms with Crippen molar-refractivity contribution in [2.45, 2.75) is 6.92 Å². The van der Waals surface area contributed by atoms with E-state index in [4.69, 9.17) is 5.53 Å². The van der Waals surface area contributed by atoms with Gasteiger partial charge in [-0.05, 0) is 0 Å². The highest BCUT2D eigenvalue weighted by Crippen LogP contribution is 1.61. The Labute approximate surface area is 36.2 Å². The van der Waals surface area contributed by atoms with E-state index in [1.807, 2.05) is 0 Å². The summed E-state index contributed by atoms with van der Waals surface area (Å²) in [6.45, 7) is 1.56. The minimum atomic E-state index is 0.273. The molecular weight excluding hydrogens is 80.0 g/mol. The molecule has 0 fully saturated rings. The molecule has 0 atom stereocenters. The minimum Gasteiger partial charge on any atom is -0.439 e. The summed E-state index contributed by atoms with van der Waals surface area (Å²) in [5, 5.41) is 0. The highest BCUT2D eigenvalue weighted by molar-refractivity contribution is 5.66. The summed E-state index contributed by atoms with van der Waals surface area (Å²) in [5.74, 6) is 0.273. The van der Waals surface area contributed by atoms with Gasteiger partial charge in [0.2, 0.25) is 0 Å². The molecule has 3 heteroatoms. The van der Waals surface area contributed by atoms with Crippen molar-refractivity contribution >= 4 is 5.90 Å². The van der Waals surface area contributed by atoms with E-state index < -0.39 is 0 Å². The number of hydrogen-bond acceptors (Lipinski definition) is 1. The summed E-state index contributed by atoms with van der Waals surface area (Å²) >= 11 is 0. The molecule has 0 rings (SSSR count). The van der Waals surface area contributed by atoms with E-state index in [9.17, 15) is 0 Å². The van der Waals surface area contributed by atoms with Gasteiger partial charge in [0.1, 0.15) is 0 Å². The largest absolute Gasteiger partial charge is 0.446 e. The molecular formula is C3H6N2O. The van der Waals surface area contributed by atoms with Crippen LogP contribution in [0.25, 0.3) is 5.53 Å². The molecule has 0 aliphatic heterocycles. The predicted molar refractivity (Wildman–Crippen MR) is 21.3 cm³/mol. The fraction of sp³-hybridized carbons (Fsp3) is 0.667. The third-order valence-corrected chi connectivity index (χ3v) is 0.436. The average Bonchev–Trinajstić information content (AvgIpc) is 1.65. The standard InChI is InChI=1S/C3H6N2O/c1-3(5-4)6-2/h1-2H3. The molecule has 0 aromatic carbocycles. The average molecular weight is 86.1 g/mol. The maximum absolute atomic E-state index is 7.80. The van der Waals surface area contributed by atoms with E-state index in [1.54, 1.807) is 6.92 Å². The number of rotatable bonds is 0. The summed E-state index contributed by atoms with van der Waals surface area (Å²) in [6.07, 6.45) is 0. The van der Waals surface area contributed by atoms with Crippen LogP contribution in [0.1, 0.15) is 6.92 Å². The van der Waals surface area contributed by atoms with Crippen LogP contribution in [0, 0.1) is 0 Å². The van der Waals surface area contributed by atoms with Gasteiger partial charge in [0.25, 0.3) is 0 Å². The van der Waals surface area contributed by atoms with Gasteiger partial charge in [-0.15, -0.1) is 4.79 Å². The van der Waals surface area contributed by atoms with Gasteiger partial charge in [0.05, 0.1) is 14.0 Å². The van der Waals surface area contributed by atoms with Gasteiger partial charge in [-0.25, -0.2) is 0 Å². The summed E-state index contributed by atoms with van der Waals surface area (Å²) in [6, 6.07) is 0. The quantitative estimate of drug-likeness (QED) is 0.181. The zero-order chi connectivity index (χ0) is 4.99. The number of methoxy groups -OCH3 is 1. The molecule has 0 amide bonds. The maximum Gasteiger partial charge on any atom is 0.446 e. The Morgan fingerprint density at radius 2 is 2.33 bits per heavy atom. The summed E-state index contributed by atoms with van der Waals surface area (Å²) in [5.41, 5.74) is 7.80. The van der Waals surface area contributed by atoms with Crippen LogP contribution in [0.15, 0.2) is 0 Å². The van der Waals surface area contributed by atoms with Crippen LogP contribution in [0.3, 0.4) is 0 Å². The molecule has 6 heavy (non-hydrogen) atoms. The second-order valence-corrected chi connectivity index (χ2v) is 0.823. The lowest BCUT2D eigenvalue weighted by Crippen LogP contribution is -1.92. The van der Waals surface area contributed by atoms with E-state index in [-0.39, 0.29) is 5.90 Å². The van der Waals surface area contributed by atoms with Crippen molar-refractivity contribution < 1.29 is 9.53 Å². The first-order valence-corrected chi connectivity index (χ1v) is 1.54. The molecule has 0 aliphatic carbocycles. The third-order valence-electron chi connectivity index (χ3n) is 0.436. The smallest absolute Gasteiger partial charge is 0.439 e. The molecule has 0 unspecified atom stereocenters. The van der Waals surface area contributed by atoms with E-state index in [0.29, 0.717) is 0 Å². The van der Waals surface area contributed by atoms with Crippen LogP contribution in [-0.2, 0) is 4.74 Å². The Balaban J connectivity index is 3.52. The maximum atomic E-state index is 7.80. The minimum absolute atomic E-state index is 0.273. The number of ether oxygens (including phenoxy) is 1. The fourth-order valence-corrected chi connectivity index (χ4v) is 0.0408. The summed E-state index contributed by atoms with van der Waals surface area (Å²) < 4.78 is 4.40. The molecule has 0 aromatic heterocycles. The number of nitrogens with zero attached hydrogens (tertiary/aromatic N) is 2. The molecule has 0 aromatic rings. The summed E-state index contributed by atoms with van der Waals surface area (Å²) in [7, 11) is 1.44. The Bertz CT molecular complexity index is 82.8. The van der Waals surface area contributed by atoms with Crippen molar-refractivity contribution in [1.29, 1.82) is 0 Å². The molecule has 0 N–H and O–H groups in total. The van der Waals surface area contributed by atoms with Crippen molar-refractivity contribution in [3.63, 3.8) is 0 Å². The van der Waals surface area contributed by atoms with E-state index >= 15 is 0 Å². The van der Waals surface area contributed by atoms with Crippen molar-refractivity contribution in [1.82, 2.24) is 0 Å². The Morgan fingerprint density at radius 1 is 1.83 bits per heavy atom. The van der Waals surface area contributed by atoms with Crippen molar-refractivity contribution in [2.75, 3.05) is 7.11 Å². The second kappa shape index (κ2) is 2.42. The van der Waals surface area contributed by atoms with E-state index in [2.05, 4.69) is 9.53 Å². The van der Waals surface area contributed by atoms with Crippen LogP contribution in [0.2, 0.25) is 0 Å². The van der Waals surface area contributed by atoms with Gasteiger partial charge in [0, 0.05) is 0 Å². The Morgan fingerprint density at radius 3 is 2.33 bits per heavy atom. The predicted octanol–water partition coefficient (Wildman–Crippen LogP) is 0.281. The van der Waals surface area contributed by atoms with E-state index in [0.717, 1.165) is 0 Å². The molecule has 0 saturated heterocycles. The topological polar surface area (TPSA) is 45.6 Å². The lowest BCUT2D eigenvalue weighted by molar-refractivity contribution is -0.0361. The van der Waals surface area contributed by atoms with Gasteiger partial charge in [-0.1, -0.05) is 0 Å². The van der Waals surface area contributed by atoms with Gasteiger partial charge in [-0.2, -0.15) is 0 Å². The monoisotopic (exact) mass is 86.0 g/mol. The molecule has 3 nitrogen and oxygen atoms in total. The summed E-state index contributed by atoms with van der Waals surface area (Å²) in [4.78, 5) is 2.70. The Kier molecular flexibility index (Phi) is 2.09. The van der Waals surface area contributed by atoms with Crippen LogP contribution in [0.5, 0.6) is 0 Å². The SMILES string of the molecule is COC(C)=[N+]=[N-]. The lowest BCUT2D eigenvalue weighted by Gasteiger charge is -1.76.